The second-order valence-electron chi connectivity index (χ2n) is 8.22. The molecule has 4 rings (SSSR count). The van der Waals surface area contributed by atoms with Gasteiger partial charge in [-0.25, -0.2) is 4.39 Å². The van der Waals surface area contributed by atoms with Crippen molar-refractivity contribution in [3.63, 3.8) is 0 Å². The van der Waals surface area contributed by atoms with Crippen LogP contribution < -0.4 is 4.74 Å². The zero-order valence-corrected chi connectivity index (χ0v) is 18.7. The first kappa shape index (κ1) is 22.6. The Morgan fingerprint density at radius 3 is 2.55 bits per heavy atom. The van der Waals surface area contributed by atoms with Gasteiger partial charge in [0.25, 0.3) is 0 Å². The number of Topliss-reactive ketones (excluding diaryl/α,β-unsaturated/α-hetero) is 1. The number of nitrogens with zero attached hydrogens (tertiary/aromatic N) is 3. The lowest BCUT2D eigenvalue weighted by Gasteiger charge is -2.31. The van der Waals surface area contributed by atoms with Gasteiger partial charge in [-0.1, -0.05) is 5.16 Å². The van der Waals surface area contributed by atoms with E-state index in [9.17, 15) is 14.0 Å². The number of carbonyl (C=O) groups excluding carboxylic acids is 2. The maximum Gasteiger partial charge on any atom is 0.227 e. The van der Waals surface area contributed by atoms with Crippen LogP contribution in [0.15, 0.2) is 47.0 Å². The van der Waals surface area contributed by atoms with Gasteiger partial charge in [0.15, 0.2) is 5.78 Å². The molecule has 1 amide bonds. The van der Waals surface area contributed by atoms with Gasteiger partial charge in [-0.3, -0.25) is 9.59 Å². The molecule has 0 unspecified atom stereocenters. The Kier molecular flexibility index (Phi) is 6.82. The number of piperidine rings is 1. The lowest BCUT2D eigenvalue weighted by atomic mass is 9.88. The molecule has 1 aliphatic rings. The van der Waals surface area contributed by atoms with E-state index in [-0.39, 0.29) is 29.8 Å². The minimum Gasteiger partial charge on any atom is -0.497 e. The number of carbonyl (C=O) groups is 2. The third-order valence-corrected chi connectivity index (χ3v) is 6.03. The number of ketones is 1. The van der Waals surface area contributed by atoms with E-state index in [1.165, 1.54) is 6.07 Å². The Balaban J connectivity index is 1.27. The molecule has 1 fully saturated rings. The average Bonchev–Trinajstić information content (AvgIpc) is 3.33. The molecule has 0 aliphatic carbocycles. The molecule has 1 aliphatic heterocycles. The number of aromatic nitrogens is 2. The van der Waals surface area contributed by atoms with Gasteiger partial charge < -0.3 is 14.2 Å². The van der Waals surface area contributed by atoms with E-state index >= 15 is 0 Å². The summed E-state index contributed by atoms with van der Waals surface area (Å²) in [5, 5.41) is 3.94. The molecule has 3 aromatic rings. The summed E-state index contributed by atoms with van der Waals surface area (Å²) >= 11 is 0. The van der Waals surface area contributed by atoms with Crippen LogP contribution in [0.3, 0.4) is 0 Å². The molecule has 0 radical (unpaired) electrons. The van der Waals surface area contributed by atoms with Gasteiger partial charge >= 0.3 is 0 Å². The van der Waals surface area contributed by atoms with E-state index in [1.807, 2.05) is 0 Å². The number of ether oxygens (including phenoxy) is 1. The van der Waals surface area contributed by atoms with Crippen molar-refractivity contribution in [3.8, 4) is 17.1 Å². The van der Waals surface area contributed by atoms with Crippen LogP contribution in [0.2, 0.25) is 0 Å². The Morgan fingerprint density at radius 2 is 1.88 bits per heavy atom. The smallest absolute Gasteiger partial charge is 0.227 e. The monoisotopic (exact) mass is 451 g/mol. The van der Waals surface area contributed by atoms with Gasteiger partial charge in [-0.2, -0.15) is 4.98 Å². The minimum atomic E-state index is -0.289. The molecule has 7 nitrogen and oxygen atoms in total. The number of hydrogen-bond acceptors (Lipinski definition) is 6. The number of aryl methyl sites for hydroxylation is 2. The quantitative estimate of drug-likeness (QED) is 0.500. The Bertz CT molecular complexity index is 1130. The fourth-order valence-corrected chi connectivity index (χ4v) is 4.01. The fourth-order valence-electron chi connectivity index (χ4n) is 4.01. The summed E-state index contributed by atoms with van der Waals surface area (Å²) in [7, 11) is 1.59. The van der Waals surface area contributed by atoms with E-state index in [2.05, 4.69) is 10.1 Å². The predicted octanol–water partition coefficient (Wildman–Crippen LogP) is 4.25. The highest BCUT2D eigenvalue weighted by Gasteiger charge is 2.28. The van der Waals surface area contributed by atoms with Crippen molar-refractivity contribution in [2.24, 2.45) is 5.92 Å². The summed E-state index contributed by atoms with van der Waals surface area (Å²) in [6, 6.07) is 11.8. The van der Waals surface area contributed by atoms with E-state index in [1.54, 1.807) is 55.3 Å². The predicted molar refractivity (Wildman–Crippen MR) is 119 cm³/mol. The molecule has 2 heterocycles. The highest BCUT2D eigenvalue weighted by atomic mass is 19.1. The fraction of sp³-hybridized carbons (Fsp3) is 0.360. The number of likely N-dealkylation sites (tertiary alicyclic amines) is 1. The summed E-state index contributed by atoms with van der Waals surface area (Å²) in [5.41, 5.74) is 1.84. The number of amides is 1. The first-order valence-electron chi connectivity index (χ1n) is 11.0. The molecule has 0 bridgehead atoms. The van der Waals surface area contributed by atoms with E-state index in [4.69, 9.17) is 9.26 Å². The topological polar surface area (TPSA) is 85.5 Å². The van der Waals surface area contributed by atoms with Crippen LogP contribution in [0.1, 0.15) is 41.1 Å². The van der Waals surface area contributed by atoms with Crippen LogP contribution in [0, 0.1) is 18.7 Å². The molecule has 0 N–H and O–H groups in total. The second kappa shape index (κ2) is 9.94. The first-order valence-corrected chi connectivity index (χ1v) is 11.0. The molecule has 0 spiro atoms. The van der Waals surface area contributed by atoms with Crippen LogP contribution in [0.25, 0.3) is 11.4 Å². The summed E-state index contributed by atoms with van der Waals surface area (Å²) < 4.78 is 23.9. The molecule has 8 heteroatoms. The molecule has 2 aromatic carbocycles. The maximum atomic E-state index is 13.5. The standard InChI is InChI=1S/C25H26FN3O4/c1-16-15-19(5-8-21(16)26)25-27-22(33-28-25)9-10-23(30)29-13-11-18(12-14-29)24(31)17-3-6-20(32-2)7-4-17/h3-8,15,18H,9-14H2,1-2H3. The van der Waals surface area contributed by atoms with Gasteiger partial charge in [0.05, 0.1) is 7.11 Å². The number of benzene rings is 2. The molecular weight excluding hydrogens is 425 g/mol. The van der Waals surface area contributed by atoms with Crippen LogP contribution in [-0.4, -0.2) is 46.9 Å². The zero-order chi connectivity index (χ0) is 23.4. The second-order valence-corrected chi connectivity index (χ2v) is 8.22. The van der Waals surface area contributed by atoms with E-state index in [0.717, 1.165) is 0 Å². The number of rotatable bonds is 7. The maximum absolute atomic E-state index is 13.5. The zero-order valence-electron chi connectivity index (χ0n) is 18.7. The van der Waals surface area contributed by atoms with E-state index < -0.39 is 0 Å². The van der Waals surface area contributed by atoms with Crippen molar-refractivity contribution in [3.05, 3.63) is 65.3 Å². The Morgan fingerprint density at radius 1 is 1.15 bits per heavy atom. The molecular formula is C25H26FN3O4. The normalized spacial score (nSPS) is 14.3. The summed E-state index contributed by atoms with van der Waals surface area (Å²) in [6.07, 6.45) is 1.87. The number of hydrogen-bond donors (Lipinski definition) is 0. The Hall–Kier alpha value is -3.55. The van der Waals surface area contributed by atoms with Gasteiger partial charge in [0.2, 0.25) is 17.6 Å². The number of halogens is 1. The van der Waals surface area contributed by atoms with Crippen molar-refractivity contribution in [1.82, 2.24) is 15.0 Å². The van der Waals surface area contributed by atoms with Gasteiger partial charge in [-0.05, 0) is 67.8 Å². The van der Waals surface area contributed by atoms with Gasteiger partial charge in [0.1, 0.15) is 11.6 Å². The van der Waals surface area contributed by atoms with Crippen LogP contribution in [0.5, 0.6) is 5.75 Å². The van der Waals surface area contributed by atoms with Gasteiger partial charge in [0, 0.05) is 43.0 Å². The van der Waals surface area contributed by atoms with Crippen molar-refractivity contribution >= 4 is 11.7 Å². The highest BCUT2D eigenvalue weighted by molar-refractivity contribution is 5.98. The van der Waals surface area contributed by atoms with Crippen LogP contribution in [-0.2, 0) is 11.2 Å². The highest BCUT2D eigenvalue weighted by Crippen LogP contribution is 2.24. The van der Waals surface area contributed by atoms with Crippen molar-refractivity contribution in [2.45, 2.75) is 32.6 Å². The third kappa shape index (κ3) is 5.27. The largest absolute Gasteiger partial charge is 0.497 e. The third-order valence-electron chi connectivity index (χ3n) is 6.03. The summed E-state index contributed by atoms with van der Waals surface area (Å²) in [6.45, 7) is 2.77. The van der Waals surface area contributed by atoms with Crippen LogP contribution in [0.4, 0.5) is 4.39 Å². The SMILES string of the molecule is COc1ccc(C(=O)C2CCN(C(=O)CCc3nc(-c4ccc(F)c(C)c4)no3)CC2)cc1. The van der Waals surface area contributed by atoms with Crippen LogP contribution >= 0.6 is 0 Å². The number of methoxy groups -OCH3 is 1. The van der Waals surface area contributed by atoms with Crippen molar-refractivity contribution in [1.29, 1.82) is 0 Å². The molecule has 33 heavy (non-hydrogen) atoms. The molecule has 1 saturated heterocycles. The lowest BCUT2D eigenvalue weighted by Crippen LogP contribution is -2.40. The molecule has 1 aromatic heterocycles. The molecule has 172 valence electrons. The van der Waals surface area contributed by atoms with Crippen molar-refractivity contribution in [2.75, 3.05) is 20.2 Å². The summed E-state index contributed by atoms with van der Waals surface area (Å²) in [4.78, 5) is 31.5. The molecule has 0 atom stereocenters. The summed E-state index contributed by atoms with van der Waals surface area (Å²) in [5.74, 6) is 1.20. The lowest BCUT2D eigenvalue weighted by molar-refractivity contribution is -0.132. The first-order chi connectivity index (χ1) is 15.9. The van der Waals surface area contributed by atoms with Crippen molar-refractivity contribution < 1.29 is 23.2 Å². The van der Waals surface area contributed by atoms with E-state index in [0.29, 0.717) is 66.5 Å². The minimum absolute atomic E-state index is 0.00252. The average molecular weight is 451 g/mol. The van der Waals surface area contributed by atoms with Gasteiger partial charge in [-0.15, -0.1) is 0 Å². The molecule has 0 saturated carbocycles. The Labute approximate surface area is 191 Å².